The molecule has 558 valence electrons. The molecule has 6 heterocycles. The third kappa shape index (κ3) is 23.7. The van der Waals surface area contributed by atoms with Crippen LogP contribution >= 0.6 is 70.6 Å². The second kappa shape index (κ2) is 37.7. The summed E-state index contributed by atoms with van der Waals surface area (Å²) in [5, 5.41) is 0. The van der Waals surface area contributed by atoms with E-state index in [0.717, 1.165) is 48.5 Å². The maximum absolute atomic E-state index is 13.5. The molecule has 0 bridgehead atoms. The van der Waals surface area contributed by atoms with E-state index in [-0.39, 0.29) is 143 Å². The highest BCUT2D eigenvalue weighted by Gasteiger charge is 2.34. The van der Waals surface area contributed by atoms with Gasteiger partial charge in [-0.05, 0) is 72.9 Å². The second-order valence-corrected chi connectivity index (χ2v) is 32.2. The number of nitrogens with zero attached hydrogens (tertiary/aromatic N) is 9. The molecule has 12 rings (SSSR count). The number of carbonyl (C=O) groups excluding carboxylic acids is 3. The van der Waals surface area contributed by atoms with Crippen molar-refractivity contribution in [2.75, 3.05) is 75.9 Å². The van der Waals surface area contributed by atoms with E-state index >= 15 is 0 Å². The van der Waals surface area contributed by atoms with Crippen molar-refractivity contribution in [3.8, 4) is 0 Å². The van der Waals surface area contributed by atoms with E-state index in [1.807, 2.05) is 91.9 Å². The van der Waals surface area contributed by atoms with Crippen molar-refractivity contribution in [3.63, 3.8) is 0 Å². The van der Waals surface area contributed by atoms with Crippen molar-refractivity contribution in [1.82, 2.24) is 58.6 Å². The van der Waals surface area contributed by atoms with Gasteiger partial charge in [-0.3, -0.25) is 71.0 Å². The van der Waals surface area contributed by atoms with Gasteiger partial charge in [0.1, 0.15) is 38.9 Å². The van der Waals surface area contributed by atoms with E-state index in [1.165, 1.54) is 19.0 Å². The van der Waals surface area contributed by atoms with Crippen molar-refractivity contribution in [3.05, 3.63) is 224 Å². The van der Waals surface area contributed by atoms with Gasteiger partial charge in [0.05, 0.1) is 58.6 Å². The monoisotopic (exact) mass is 1700 g/mol. The number of carbonyl (C=O) groups is 3. The van der Waals surface area contributed by atoms with Gasteiger partial charge >= 0.3 is 22.8 Å². The zero-order chi connectivity index (χ0) is 75.4. The maximum Gasteiger partial charge on any atom is 0.356 e. The molecule has 1 aliphatic rings. The molecular weight excluding hydrogens is 1640 g/mol. The lowest BCUT2D eigenvalue weighted by atomic mass is 10.1. The Bertz CT molecular complexity index is 5230. The number of nitrogen functional groups attached to an aromatic ring is 3. The van der Waals surface area contributed by atoms with Gasteiger partial charge < -0.3 is 58.7 Å². The Hall–Kier alpha value is -8.67. The van der Waals surface area contributed by atoms with E-state index in [1.54, 1.807) is 56.2 Å². The summed E-state index contributed by atoms with van der Waals surface area (Å²) in [4.78, 5) is 104. The Morgan fingerprint density at radius 3 is 1.14 bits per heavy atom. The number of hydrogen-bond donors (Lipinski definition) is 6. The number of hydrogen-bond acceptors (Lipinski definition) is 27. The molecule has 0 spiro atoms. The predicted octanol–water partition coefficient (Wildman–Crippen LogP) is 10.6. The molecule has 0 saturated heterocycles. The summed E-state index contributed by atoms with van der Waals surface area (Å²) in [7, 11) is -11.4. The smallest absolute Gasteiger partial charge is 0.356 e. The fourth-order valence-electron chi connectivity index (χ4n) is 9.68. The zero-order valence-corrected chi connectivity index (χ0v) is 64.0. The molecule has 1 saturated carbocycles. The van der Waals surface area contributed by atoms with E-state index in [2.05, 4.69) is 92.6 Å². The first-order valence-corrected chi connectivity index (χ1v) is 39.9. The molecule has 39 heteroatoms. The molecule has 0 radical (unpaired) electrons. The molecule has 0 aliphatic heterocycles. The molecule has 3 unspecified atom stereocenters. The third-order valence-electron chi connectivity index (χ3n) is 15.3. The minimum atomic E-state index is -3.83. The number of ketones is 3. The number of nitrogens with two attached hydrogens (primary N) is 3. The maximum atomic E-state index is 13.5. The topological polar surface area (TPSA) is 454 Å². The lowest BCUT2D eigenvalue weighted by Crippen LogP contribution is -2.14. The SMILES string of the molecule is Cc1ccc(C(=O)COP(=O)(COCCn2cnc3c(=O)[nH]c(N)nc32)OCc2cccc(Br)c2)cc1.Nc1nc2c(ncn2CCOCP(=O)(OCC(=O)C2CC2)OCc2cccc(Br)c2)c(=O)[nH]1.Nc1nc2c(ncn2CCOCP(=O)(OCC(=O)c2ccccc2)OCc2cccc(Br)c2)c(=O)[nH]1. The molecule has 11 aromatic rings. The van der Waals surface area contributed by atoms with Crippen LogP contribution in [0.1, 0.15) is 55.8 Å². The molecule has 9 N–H and O–H groups in total. The lowest BCUT2D eigenvalue weighted by molar-refractivity contribution is -0.122. The predicted molar refractivity (Wildman–Crippen MR) is 402 cm³/mol. The van der Waals surface area contributed by atoms with Gasteiger partial charge in [0.2, 0.25) is 17.8 Å². The largest absolute Gasteiger partial charge is 0.369 e. The number of fused-ring (bicyclic) bond motifs is 3. The summed E-state index contributed by atoms with van der Waals surface area (Å²) in [6.45, 7) is 1.87. The van der Waals surface area contributed by atoms with Crippen LogP contribution in [0.25, 0.3) is 33.5 Å². The molecule has 1 aliphatic carbocycles. The van der Waals surface area contributed by atoms with Crippen molar-refractivity contribution in [1.29, 1.82) is 0 Å². The van der Waals surface area contributed by atoms with Crippen molar-refractivity contribution in [2.45, 2.75) is 59.2 Å². The number of H-pyrrole nitrogens is 3. The van der Waals surface area contributed by atoms with E-state index in [4.69, 9.17) is 58.6 Å². The van der Waals surface area contributed by atoms with Crippen LogP contribution in [0.2, 0.25) is 0 Å². The van der Waals surface area contributed by atoms with Crippen LogP contribution in [0.4, 0.5) is 17.8 Å². The molecular formula is C67H71Br3N15O18P3. The quantitative estimate of drug-likeness (QED) is 0.0121. The molecule has 5 aromatic carbocycles. The Kier molecular flexibility index (Phi) is 28.4. The molecule has 106 heavy (non-hydrogen) atoms. The number of Topliss-reactive ketones (excluding diaryl/α,β-unsaturated/α-hetero) is 3. The summed E-state index contributed by atoms with van der Waals surface area (Å²) in [6.07, 6.45) is 4.90. The fourth-order valence-corrected chi connectivity index (χ4v) is 14.7. The highest BCUT2D eigenvalue weighted by molar-refractivity contribution is 9.11. The molecule has 6 aromatic heterocycles. The Balaban J connectivity index is 0.000000170. The van der Waals surface area contributed by atoms with E-state index in [0.29, 0.717) is 28.1 Å². The van der Waals surface area contributed by atoms with Crippen LogP contribution in [0, 0.1) is 12.8 Å². The number of aryl methyl sites for hydroxylation is 1. The Labute approximate surface area is 628 Å². The third-order valence-corrected chi connectivity index (χ3v) is 21.4. The van der Waals surface area contributed by atoms with Gasteiger partial charge in [-0.2, -0.15) is 15.0 Å². The number of ether oxygens (including phenoxy) is 3. The zero-order valence-electron chi connectivity index (χ0n) is 56.5. The molecule has 33 nitrogen and oxygen atoms in total. The second-order valence-electron chi connectivity index (χ2n) is 23.5. The number of benzene rings is 5. The van der Waals surface area contributed by atoms with Crippen LogP contribution in [0.5, 0.6) is 0 Å². The highest BCUT2D eigenvalue weighted by atomic mass is 79.9. The fraction of sp³-hybridized carbons (Fsp3) is 0.284. The van der Waals surface area contributed by atoms with Gasteiger partial charge in [-0.1, -0.05) is 144 Å². The molecule has 3 atom stereocenters. The number of aromatic nitrogens is 12. The molecule has 0 amide bonds. The average Bonchev–Trinajstić information content (AvgIpc) is 1.67. The highest BCUT2D eigenvalue weighted by Crippen LogP contribution is 2.51. The summed E-state index contributed by atoms with van der Waals surface area (Å²) < 4.78 is 97.7. The lowest BCUT2D eigenvalue weighted by Gasteiger charge is -2.19. The van der Waals surface area contributed by atoms with Gasteiger partial charge in [-0.25, -0.2) is 15.0 Å². The van der Waals surface area contributed by atoms with Crippen molar-refractivity contribution < 1.29 is 69.4 Å². The normalized spacial score (nSPS) is 13.8. The van der Waals surface area contributed by atoms with Crippen LogP contribution in [0.15, 0.2) is 174 Å². The summed E-state index contributed by atoms with van der Waals surface area (Å²) >= 11 is 10.2. The van der Waals surface area contributed by atoms with Crippen molar-refractivity contribution >= 4 is 139 Å². The minimum Gasteiger partial charge on any atom is -0.369 e. The standard InChI is InChI=1S/C24H25BrN5O6P.C23H23BrN5O6P.C20H23BrN5O6P/c1-16-5-7-18(8-6-16)20(31)13-36-37(33,35-12-17-3-2-4-19(25)11-17)15-34-10-9-30-14-27-21-22(30)28-24(26)29-23(21)32;24-18-8-4-5-16(11-18)12-34-36(32,35-13-19(30)17-6-2-1-3-7-17)15-33-10-9-29-14-26-20-21(29)27-23(25)28-22(20)31;21-15-3-1-2-13(8-15)9-31-33(29,32-10-16(27)14-4-5-14)12-30-7-6-26-11-23-17-18(26)24-20(22)25-19(17)28/h2-8,11,14H,9-10,12-13,15H2,1H3,(H3,26,28,29,32);1-8,11,14H,9-10,12-13,15H2,(H3,25,27,28,31);1-3,8,11,14H,4-7,9-10,12H2,(H3,22,24,25,28). The van der Waals surface area contributed by atoms with Gasteiger partial charge in [0.15, 0.2) is 50.8 Å². The summed E-state index contributed by atoms with van der Waals surface area (Å²) in [5.74, 6) is -0.837. The summed E-state index contributed by atoms with van der Waals surface area (Å²) in [6, 6.07) is 37.6. The first-order chi connectivity index (χ1) is 50.9. The first kappa shape index (κ1) is 79.9. The van der Waals surface area contributed by atoms with E-state index < -0.39 is 52.7 Å². The van der Waals surface area contributed by atoms with Crippen LogP contribution in [-0.2, 0) is 99.3 Å². The van der Waals surface area contributed by atoms with Gasteiger partial charge in [0, 0.05) is 50.1 Å². The molecule has 1 fully saturated rings. The van der Waals surface area contributed by atoms with Crippen molar-refractivity contribution in [2.24, 2.45) is 5.92 Å². The van der Waals surface area contributed by atoms with Crippen LogP contribution in [-0.4, -0.2) is 135 Å². The number of rotatable bonds is 36. The number of aromatic amines is 3. The Morgan fingerprint density at radius 2 is 0.802 bits per heavy atom. The van der Waals surface area contributed by atoms with Gasteiger partial charge in [0.25, 0.3) is 16.7 Å². The minimum absolute atomic E-state index is 0.00224. The van der Waals surface area contributed by atoms with Crippen LogP contribution < -0.4 is 33.9 Å². The van der Waals surface area contributed by atoms with Crippen LogP contribution in [0.3, 0.4) is 0 Å². The number of imidazole rings is 3. The van der Waals surface area contributed by atoms with Gasteiger partial charge in [-0.15, -0.1) is 0 Å². The Morgan fingerprint density at radius 1 is 0.462 bits per heavy atom. The first-order valence-electron chi connectivity index (χ1n) is 32.3. The number of anilines is 3. The average molecular weight is 1710 g/mol. The summed E-state index contributed by atoms with van der Waals surface area (Å²) in [5.41, 5.74) is 21.1. The number of halogens is 3. The van der Waals surface area contributed by atoms with E-state index in [9.17, 15) is 42.5 Å². The number of nitrogens with one attached hydrogen (secondary N) is 3.